The van der Waals surface area contributed by atoms with Crippen molar-refractivity contribution in [1.29, 1.82) is 0 Å². The van der Waals surface area contributed by atoms with E-state index < -0.39 is 0 Å². The molecule has 0 radical (unpaired) electrons. The van der Waals surface area contributed by atoms with Gasteiger partial charge >= 0.3 is 0 Å². The Morgan fingerprint density at radius 2 is 1.96 bits per heavy atom. The highest BCUT2D eigenvalue weighted by Crippen LogP contribution is 2.23. The van der Waals surface area contributed by atoms with Crippen LogP contribution in [-0.4, -0.2) is 45.4 Å². The van der Waals surface area contributed by atoms with Crippen LogP contribution in [0.25, 0.3) is 0 Å². The van der Waals surface area contributed by atoms with E-state index in [0.29, 0.717) is 31.5 Å². The molecule has 2 N–H and O–H groups in total. The summed E-state index contributed by atoms with van der Waals surface area (Å²) in [6.07, 6.45) is 4.90. The van der Waals surface area contributed by atoms with Crippen molar-refractivity contribution in [1.82, 2.24) is 10.6 Å². The first-order valence-corrected chi connectivity index (χ1v) is 9.74. The highest BCUT2D eigenvalue weighted by molar-refractivity contribution is 5.80. The Hall–Kier alpha value is -1.82. The number of morpholine rings is 1. The van der Waals surface area contributed by atoms with Gasteiger partial charge in [0.05, 0.1) is 18.9 Å². The van der Waals surface area contributed by atoms with Gasteiger partial charge in [-0.25, -0.2) is 4.39 Å². The number of hydrogen-bond donors (Lipinski definition) is 2. The van der Waals surface area contributed by atoms with Crippen LogP contribution >= 0.6 is 0 Å². The molecule has 0 spiro atoms. The molecule has 3 rings (SSSR count). The molecule has 6 heteroatoms. The van der Waals surface area contributed by atoms with Crippen LogP contribution in [0.4, 0.5) is 10.1 Å². The third-order valence-electron chi connectivity index (χ3n) is 5.40. The molecule has 2 aliphatic rings. The van der Waals surface area contributed by atoms with Crippen LogP contribution in [0, 0.1) is 11.7 Å². The molecule has 0 bridgehead atoms. The summed E-state index contributed by atoms with van der Waals surface area (Å²) in [6, 6.07) is 5.96. The maximum Gasteiger partial charge on any atom is 0.191 e. The van der Waals surface area contributed by atoms with Gasteiger partial charge in [-0.05, 0) is 49.3 Å². The van der Waals surface area contributed by atoms with E-state index in [-0.39, 0.29) is 5.82 Å². The van der Waals surface area contributed by atoms with Gasteiger partial charge in [-0.3, -0.25) is 4.99 Å². The fourth-order valence-electron chi connectivity index (χ4n) is 3.70. The fourth-order valence-corrected chi connectivity index (χ4v) is 3.70. The topological polar surface area (TPSA) is 48.9 Å². The molecule has 0 amide bonds. The SMILES string of the molecule is CN=C(NCc1ccc(N2CCOCC2)c(F)c1)NC1CCC(C)CC1. The van der Waals surface area contributed by atoms with Crippen LogP contribution in [0.1, 0.15) is 38.2 Å². The third-order valence-corrected chi connectivity index (χ3v) is 5.40. The third kappa shape index (κ3) is 5.10. The molecular weight excluding hydrogens is 331 g/mol. The second-order valence-electron chi connectivity index (χ2n) is 7.41. The Bertz CT molecular complexity index is 608. The van der Waals surface area contributed by atoms with E-state index in [4.69, 9.17) is 4.74 Å². The second-order valence-corrected chi connectivity index (χ2v) is 7.41. The molecule has 26 heavy (non-hydrogen) atoms. The monoisotopic (exact) mass is 362 g/mol. The zero-order valence-electron chi connectivity index (χ0n) is 15.9. The number of anilines is 1. The molecule has 1 aliphatic carbocycles. The first kappa shape index (κ1) is 19.0. The number of halogens is 1. The van der Waals surface area contributed by atoms with Crippen molar-refractivity contribution >= 4 is 11.6 Å². The molecule has 5 nitrogen and oxygen atoms in total. The van der Waals surface area contributed by atoms with Gasteiger partial charge in [-0.15, -0.1) is 0 Å². The number of nitrogens with one attached hydrogen (secondary N) is 2. The number of benzene rings is 1. The van der Waals surface area contributed by atoms with Crippen molar-refractivity contribution in [2.24, 2.45) is 10.9 Å². The van der Waals surface area contributed by atoms with Crippen molar-refractivity contribution in [2.45, 2.75) is 45.2 Å². The van der Waals surface area contributed by atoms with Crippen molar-refractivity contribution < 1.29 is 9.13 Å². The number of rotatable bonds is 4. The summed E-state index contributed by atoms with van der Waals surface area (Å²) >= 11 is 0. The fraction of sp³-hybridized carbons (Fsp3) is 0.650. The molecule has 0 atom stereocenters. The van der Waals surface area contributed by atoms with Gasteiger partial charge in [0.25, 0.3) is 0 Å². The van der Waals surface area contributed by atoms with Crippen LogP contribution < -0.4 is 15.5 Å². The highest BCUT2D eigenvalue weighted by atomic mass is 19.1. The number of ether oxygens (including phenoxy) is 1. The lowest BCUT2D eigenvalue weighted by Gasteiger charge is -2.29. The van der Waals surface area contributed by atoms with Crippen LogP contribution in [0.2, 0.25) is 0 Å². The Morgan fingerprint density at radius 1 is 1.23 bits per heavy atom. The Labute approximate surface area is 156 Å². The largest absolute Gasteiger partial charge is 0.378 e. The van der Waals surface area contributed by atoms with Crippen LogP contribution in [0.3, 0.4) is 0 Å². The van der Waals surface area contributed by atoms with E-state index in [0.717, 1.165) is 30.5 Å². The van der Waals surface area contributed by atoms with Crippen LogP contribution in [-0.2, 0) is 11.3 Å². The van der Waals surface area contributed by atoms with Gasteiger partial charge < -0.3 is 20.3 Å². The second kappa shape index (κ2) is 9.21. The minimum atomic E-state index is -0.171. The molecule has 1 aromatic carbocycles. The average molecular weight is 362 g/mol. The summed E-state index contributed by atoms with van der Waals surface area (Å²) in [5.74, 6) is 1.45. The summed E-state index contributed by atoms with van der Waals surface area (Å²) < 4.78 is 19.8. The molecule has 0 aromatic heterocycles. The minimum absolute atomic E-state index is 0.171. The van der Waals surface area contributed by atoms with Crippen LogP contribution in [0.5, 0.6) is 0 Å². The molecule has 1 heterocycles. The maximum absolute atomic E-state index is 14.5. The van der Waals surface area contributed by atoms with Gasteiger partial charge in [-0.2, -0.15) is 0 Å². The predicted octanol–water partition coefficient (Wildman–Crippen LogP) is 2.91. The lowest BCUT2D eigenvalue weighted by Crippen LogP contribution is -2.44. The summed E-state index contributed by atoms with van der Waals surface area (Å²) in [5, 5.41) is 6.81. The summed E-state index contributed by atoms with van der Waals surface area (Å²) in [7, 11) is 1.78. The van der Waals surface area contributed by atoms with E-state index >= 15 is 0 Å². The zero-order valence-corrected chi connectivity index (χ0v) is 15.9. The van der Waals surface area contributed by atoms with Gasteiger partial charge in [0.2, 0.25) is 0 Å². The quantitative estimate of drug-likeness (QED) is 0.639. The van der Waals surface area contributed by atoms with Gasteiger partial charge in [0.1, 0.15) is 5.82 Å². The summed E-state index contributed by atoms with van der Waals surface area (Å²) in [5.41, 5.74) is 1.58. The molecular formula is C20H31FN4O. The molecule has 144 valence electrons. The van der Waals surface area contributed by atoms with Gasteiger partial charge in [0.15, 0.2) is 5.96 Å². The van der Waals surface area contributed by atoms with Gasteiger partial charge in [-0.1, -0.05) is 13.0 Å². The number of guanidine groups is 1. The molecule has 1 aromatic rings. The number of aliphatic imine (C=N–C) groups is 1. The Balaban J connectivity index is 1.52. The van der Waals surface area contributed by atoms with Crippen LogP contribution in [0.15, 0.2) is 23.2 Å². The van der Waals surface area contributed by atoms with E-state index in [1.54, 1.807) is 13.1 Å². The summed E-state index contributed by atoms with van der Waals surface area (Å²) in [6.45, 7) is 5.67. The first-order valence-electron chi connectivity index (χ1n) is 9.74. The first-order chi connectivity index (χ1) is 12.7. The zero-order chi connectivity index (χ0) is 18.4. The number of hydrogen-bond acceptors (Lipinski definition) is 3. The van der Waals surface area contributed by atoms with Crippen molar-refractivity contribution in [3.63, 3.8) is 0 Å². The molecule has 1 saturated carbocycles. The molecule has 1 saturated heterocycles. The Morgan fingerprint density at radius 3 is 2.62 bits per heavy atom. The van der Waals surface area contributed by atoms with E-state index in [9.17, 15) is 4.39 Å². The predicted molar refractivity (Wildman–Crippen MR) is 104 cm³/mol. The highest BCUT2D eigenvalue weighted by Gasteiger charge is 2.19. The lowest BCUT2D eigenvalue weighted by molar-refractivity contribution is 0.122. The maximum atomic E-state index is 14.5. The molecule has 0 unspecified atom stereocenters. The number of nitrogens with zero attached hydrogens (tertiary/aromatic N) is 2. The van der Waals surface area contributed by atoms with E-state index in [1.807, 2.05) is 17.0 Å². The average Bonchev–Trinajstić information content (AvgIpc) is 2.67. The Kier molecular flexibility index (Phi) is 6.72. The lowest BCUT2D eigenvalue weighted by atomic mass is 9.87. The van der Waals surface area contributed by atoms with E-state index in [1.165, 1.54) is 25.7 Å². The van der Waals surface area contributed by atoms with Crippen molar-refractivity contribution in [3.05, 3.63) is 29.6 Å². The van der Waals surface area contributed by atoms with E-state index in [2.05, 4.69) is 22.5 Å². The van der Waals surface area contributed by atoms with Crippen molar-refractivity contribution in [2.75, 3.05) is 38.3 Å². The standard InChI is InChI=1S/C20H31FN4O/c1-15-3-6-17(7-4-15)24-20(22-2)23-14-16-5-8-19(18(21)13-16)25-9-11-26-12-10-25/h5,8,13,15,17H,3-4,6-7,9-12,14H2,1-2H3,(H2,22,23,24). The minimum Gasteiger partial charge on any atom is -0.378 e. The molecule has 2 fully saturated rings. The normalized spacial score (nSPS) is 24.4. The van der Waals surface area contributed by atoms with Gasteiger partial charge in [0, 0.05) is 32.7 Å². The smallest absolute Gasteiger partial charge is 0.191 e. The summed E-state index contributed by atoms with van der Waals surface area (Å²) in [4.78, 5) is 6.35. The van der Waals surface area contributed by atoms with Crippen molar-refractivity contribution in [3.8, 4) is 0 Å². The molecule has 1 aliphatic heterocycles.